The van der Waals surface area contributed by atoms with Crippen LogP contribution in [0.1, 0.15) is 0 Å². The molecule has 0 bridgehead atoms. The number of fused-ring (bicyclic) bond motifs is 5. The maximum Gasteiger partial charge on any atom is 0.424 e. The number of rotatable bonds is 2. The van der Waals surface area contributed by atoms with Crippen molar-refractivity contribution in [3.8, 4) is 11.1 Å². The van der Waals surface area contributed by atoms with Crippen LogP contribution >= 0.6 is 11.8 Å². The minimum atomic E-state index is 0.109. The Kier molecular flexibility index (Phi) is 3.96. The molecule has 0 unspecified atom stereocenters. The molecule has 164 valence electrons. The molecule has 35 heavy (non-hydrogen) atoms. The van der Waals surface area contributed by atoms with Gasteiger partial charge in [0.05, 0.1) is 5.03 Å². The van der Waals surface area contributed by atoms with E-state index in [2.05, 4.69) is 135 Å². The van der Waals surface area contributed by atoms with Crippen molar-refractivity contribution in [2.24, 2.45) is 0 Å². The number of anilines is 3. The third-order valence-electron chi connectivity index (χ3n) is 7.20. The molecule has 0 N–H and O–H groups in total. The highest BCUT2D eigenvalue weighted by molar-refractivity contribution is 7.99. The van der Waals surface area contributed by atoms with Gasteiger partial charge in [-0.3, -0.25) is 4.90 Å². The molecule has 4 aromatic carbocycles. The molecule has 8 rings (SSSR count). The van der Waals surface area contributed by atoms with Gasteiger partial charge in [0, 0.05) is 21.7 Å². The zero-order valence-corrected chi connectivity index (χ0v) is 19.7. The van der Waals surface area contributed by atoms with Crippen LogP contribution < -0.4 is 10.4 Å². The predicted octanol–water partition coefficient (Wildman–Crippen LogP) is 7.15. The third kappa shape index (κ3) is 2.70. The van der Waals surface area contributed by atoms with Crippen LogP contribution in [0, 0.1) is 0 Å². The van der Waals surface area contributed by atoms with E-state index in [0.717, 1.165) is 0 Å². The third-order valence-corrected chi connectivity index (χ3v) is 8.32. The van der Waals surface area contributed by atoms with Gasteiger partial charge >= 0.3 is 6.98 Å². The van der Waals surface area contributed by atoms with Gasteiger partial charge in [0.2, 0.25) is 0 Å². The second-order valence-corrected chi connectivity index (χ2v) is 10.2. The van der Waals surface area contributed by atoms with Crippen LogP contribution in [-0.2, 0) is 0 Å². The van der Waals surface area contributed by atoms with E-state index in [9.17, 15) is 0 Å². The second-order valence-electron chi connectivity index (χ2n) is 9.11. The molecule has 5 heteroatoms. The molecule has 0 atom stereocenters. The second kappa shape index (κ2) is 7.21. The molecule has 2 aliphatic rings. The average molecular weight is 465 g/mol. The quantitative estimate of drug-likeness (QED) is 0.252. The Morgan fingerprint density at radius 1 is 0.657 bits per heavy atom. The number of benzene rings is 4. The van der Waals surface area contributed by atoms with Gasteiger partial charge in [-0.2, -0.15) is 0 Å². The van der Waals surface area contributed by atoms with Crippen molar-refractivity contribution in [1.82, 2.24) is 8.96 Å². The number of hydrogen-bond acceptors (Lipinski definition) is 2. The molecular formula is C30H20BN3S. The highest BCUT2D eigenvalue weighted by Crippen LogP contribution is 2.45. The van der Waals surface area contributed by atoms with E-state index < -0.39 is 0 Å². The first-order valence-electron chi connectivity index (χ1n) is 11.9. The highest BCUT2D eigenvalue weighted by Gasteiger charge is 2.41. The normalized spacial score (nSPS) is 13.5. The summed E-state index contributed by atoms with van der Waals surface area (Å²) in [6, 6.07) is 39.6. The average Bonchev–Trinajstić information content (AvgIpc) is 3.58. The maximum absolute atomic E-state index is 2.42. The summed E-state index contributed by atoms with van der Waals surface area (Å²) in [6.07, 6.45) is 4.42. The van der Waals surface area contributed by atoms with Crippen LogP contribution in [0.2, 0.25) is 0 Å². The van der Waals surface area contributed by atoms with Crippen LogP contribution in [0.15, 0.2) is 132 Å². The van der Waals surface area contributed by atoms with Gasteiger partial charge in [-0.1, -0.05) is 72.4 Å². The SMILES string of the molecule is c1ccc(N2c3cc(-c4cccc5ccccc45)cc4c3B(n3cccc3S4)n3cccc32)cc1. The fourth-order valence-corrected chi connectivity index (χ4v) is 6.86. The van der Waals surface area contributed by atoms with E-state index in [1.807, 2.05) is 11.8 Å². The van der Waals surface area contributed by atoms with Gasteiger partial charge < -0.3 is 8.96 Å². The van der Waals surface area contributed by atoms with Crippen molar-refractivity contribution >= 4 is 52.2 Å². The molecule has 0 spiro atoms. The Hall–Kier alpha value is -4.09. The number of para-hydroxylation sites is 1. The maximum atomic E-state index is 2.42. The first kappa shape index (κ1) is 19.2. The minimum absolute atomic E-state index is 0.109. The van der Waals surface area contributed by atoms with Crippen LogP contribution in [0.3, 0.4) is 0 Å². The van der Waals surface area contributed by atoms with Gasteiger partial charge in [0.15, 0.2) is 0 Å². The summed E-state index contributed by atoms with van der Waals surface area (Å²) in [6.45, 7) is 0.109. The molecule has 6 aromatic rings. The molecule has 0 saturated heterocycles. The molecule has 0 aliphatic carbocycles. The molecule has 3 nitrogen and oxygen atoms in total. The standard InChI is InChI=1S/C30H20BN3S/c1-2-11-23(12-3-1)34-26-19-22(25-14-6-10-21-9-4-5-13-24(21)25)20-27-30(26)31(32-17-7-15-28(32)34)33-18-8-16-29(33)35-27/h1-20H. The van der Waals surface area contributed by atoms with Crippen molar-refractivity contribution in [2.45, 2.75) is 9.92 Å². The van der Waals surface area contributed by atoms with E-state index in [-0.39, 0.29) is 6.98 Å². The smallest absolute Gasteiger partial charge is 0.362 e. The zero-order valence-electron chi connectivity index (χ0n) is 18.9. The van der Waals surface area contributed by atoms with E-state index in [0.29, 0.717) is 0 Å². The number of nitrogens with zero attached hydrogens (tertiary/aromatic N) is 3. The lowest BCUT2D eigenvalue weighted by atomic mass is 9.64. The largest absolute Gasteiger partial charge is 0.424 e. The van der Waals surface area contributed by atoms with Gasteiger partial charge in [-0.25, -0.2) is 0 Å². The summed E-state index contributed by atoms with van der Waals surface area (Å²) < 4.78 is 4.81. The minimum Gasteiger partial charge on any atom is -0.362 e. The number of aromatic nitrogens is 2. The Morgan fingerprint density at radius 3 is 2.40 bits per heavy atom. The lowest BCUT2D eigenvalue weighted by molar-refractivity contribution is 0.959. The Morgan fingerprint density at radius 2 is 1.46 bits per heavy atom. The van der Waals surface area contributed by atoms with Gasteiger partial charge in [-0.15, -0.1) is 0 Å². The molecule has 2 aliphatic heterocycles. The molecule has 0 fully saturated rings. The van der Waals surface area contributed by atoms with E-state index in [1.165, 1.54) is 54.5 Å². The fourth-order valence-electron chi connectivity index (χ4n) is 5.72. The van der Waals surface area contributed by atoms with Gasteiger partial charge in [0.1, 0.15) is 5.82 Å². The Balaban J connectivity index is 1.46. The summed E-state index contributed by atoms with van der Waals surface area (Å²) in [5.74, 6) is 1.18. The summed E-state index contributed by atoms with van der Waals surface area (Å²) in [7, 11) is 0. The lowest BCUT2D eigenvalue weighted by Crippen LogP contribution is -2.53. The topological polar surface area (TPSA) is 13.1 Å². The molecule has 0 saturated carbocycles. The number of hydrogen-bond donors (Lipinski definition) is 0. The van der Waals surface area contributed by atoms with Crippen molar-refractivity contribution in [3.05, 3.63) is 122 Å². The Labute approximate surface area is 208 Å². The van der Waals surface area contributed by atoms with Gasteiger partial charge in [0.25, 0.3) is 0 Å². The molecule has 2 aromatic heterocycles. The summed E-state index contributed by atoms with van der Waals surface area (Å²) in [5, 5.41) is 3.83. The van der Waals surface area contributed by atoms with Crippen LogP contribution in [0.4, 0.5) is 17.2 Å². The summed E-state index contributed by atoms with van der Waals surface area (Å²) in [4.78, 5) is 3.74. The molecule has 0 radical (unpaired) electrons. The monoisotopic (exact) mass is 465 g/mol. The van der Waals surface area contributed by atoms with Crippen molar-refractivity contribution in [3.63, 3.8) is 0 Å². The lowest BCUT2D eigenvalue weighted by Gasteiger charge is -2.40. The van der Waals surface area contributed by atoms with Crippen molar-refractivity contribution in [2.75, 3.05) is 4.90 Å². The summed E-state index contributed by atoms with van der Waals surface area (Å²) in [5.41, 5.74) is 6.30. The summed E-state index contributed by atoms with van der Waals surface area (Å²) >= 11 is 1.87. The van der Waals surface area contributed by atoms with E-state index >= 15 is 0 Å². The van der Waals surface area contributed by atoms with Gasteiger partial charge in [-0.05, 0) is 82.8 Å². The Bertz CT molecular complexity index is 1750. The predicted molar refractivity (Wildman–Crippen MR) is 147 cm³/mol. The van der Waals surface area contributed by atoms with E-state index in [4.69, 9.17) is 0 Å². The zero-order chi connectivity index (χ0) is 22.9. The molecular weight excluding hydrogens is 445 g/mol. The fraction of sp³-hybridized carbons (Fsp3) is 0. The molecule has 0 amide bonds. The van der Waals surface area contributed by atoms with Crippen LogP contribution in [0.5, 0.6) is 0 Å². The first-order chi connectivity index (χ1) is 17.4. The van der Waals surface area contributed by atoms with Crippen molar-refractivity contribution < 1.29 is 0 Å². The first-order valence-corrected chi connectivity index (χ1v) is 12.7. The highest BCUT2D eigenvalue weighted by atomic mass is 32.2. The van der Waals surface area contributed by atoms with Crippen LogP contribution in [0.25, 0.3) is 21.9 Å². The van der Waals surface area contributed by atoms with Crippen molar-refractivity contribution in [1.29, 1.82) is 0 Å². The van der Waals surface area contributed by atoms with E-state index in [1.54, 1.807) is 0 Å². The molecule has 4 heterocycles. The van der Waals surface area contributed by atoms with Crippen LogP contribution in [-0.4, -0.2) is 15.9 Å².